The van der Waals surface area contributed by atoms with Crippen LogP contribution in [0, 0.1) is 28.6 Å². The van der Waals surface area contributed by atoms with Crippen molar-refractivity contribution in [3.8, 4) is 11.8 Å². The summed E-state index contributed by atoms with van der Waals surface area (Å²) < 4.78 is 0. The summed E-state index contributed by atoms with van der Waals surface area (Å²) in [4.78, 5) is 12.9. The van der Waals surface area contributed by atoms with Gasteiger partial charge in [-0.15, -0.1) is 11.8 Å². The quantitative estimate of drug-likeness (QED) is 0.621. The molecule has 0 radical (unpaired) electrons. The summed E-state index contributed by atoms with van der Waals surface area (Å²) in [6.07, 6.45) is 3.29. The van der Waals surface area contributed by atoms with E-state index in [0.717, 1.165) is 42.4 Å². The minimum Gasteiger partial charge on any atom is -0.395 e. The molecule has 3 rings (SSSR count). The van der Waals surface area contributed by atoms with E-state index in [1.807, 2.05) is 6.92 Å². The Morgan fingerprint density at radius 1 is 1.41 bits per heavy atom. The van der Waals surface area contributed by atoms with Crippen LogP contribution in [0.3, 0.4) is 0 Å². The molecule has 0 bridgehead atoms. The number of aliphatic hydroxyl groups is 2. The second-order valence-corrected chi connectivity index (χ2v) is 7.23. The summed E-state index contributed by atoms with van der Waals surface area (Å²) >= 11 is 0. The maximum absolute atomic E-state index is 12.9. The molecule has 3 aliphatic rings. The number of aliphatic hydroxyl groups excluding tert-OH is 2. The smallest absolute Gasteiger partial charge is 0.167 e. The molecule has 22 heavy (non-hydrogen) atoms. The average Bonchev–Trinajstić information content (AvgIpc) is 3.26. The molecule has 0 aromatic heterocycles. The molecule has 3 heteroatoms. The van der Waals surface area contributed by atoms with Crippen molar-refractivity contribution in [2.24, 2.45) is 16.7 Å². The van der Waals surface area contributed by atoms with Crippen LogP contribution in [0.5, 0.6) is 0 Å². The lowest BCUT2D eigenvalue weighted by Crippen LogP contribution is -2.34. The van der Waals surface area contributed by atoms with E-state index in [4.69, 9.17) is 0 Å². The van der Waals surface area contributed by atoms with Crippen LogP contribution < -0.4 is 0 Å². The van der Waals surface area contributed by atoms with Crippen LogP contribution in [0.2, 0.25) is 0 Å². The van der Waals surface area contributed by atoms with E-state index in [1.165, 1.54) is 0 Å². The summed E-state index contributed by atoms with van der Waals surface area (Å²) in [7, 11) is 0. The Bertz CT molecular complexity index is 627. The fraction of sp³-hybridized carbons (Fsp3) is 0.632. The van der Waals surface area contributed by atoms with Crippen LogP contribution in [0.25, 0.3) is 0 Å². The van der Waals surface area contributed by atoms with Crippen LogP contribution in [0.15, 0.2) is 23.3 Å². The molecule has 0 amide bonds. The molecule has 0 aromatic rings. The molecule has 3 nitrogen and oxygen atoms in total. The minimum absolute atomic E-state index is 0.0253. The van der Waals surface area contributed by atoms with Gasteiger partial charge in [0.1, 0.15) is 0 Å². The molecule has 0 aliphatic heterocycles. The first-order chi connectivity index (χ1) is 10.4. The number of hydrogen-bond acceptors (Lipinski definition) is 3. The first-order valence-electron chi connectivity index (χ1n) is 8.07. The van der Waals surface area contributed by atoms with Crippen molar-refractivity contribution in [3.63, 3.8) is 0 Å². The summed E-state index contributed by atoms with van der Waals surface area (Å²) in [6, 6.07) is 0. The van der Waals surface area contributed by atoms with E-state index < -0.39 is 11.5 Å². The molecular formula is C19H24O3. The zero-order chi connectivity index (χ0) is 16.1. The number of carbonyl (C=O) groups excluding carboxylic acids is 1. The van der Waals surface area contributed by atoms with Gasteiger partial charge in [0.2, 0.25) is 0 Å². The van der Waals surface area contributed by atoms with Crippen LogP contribution in [-0.2, 0) is 4.79 Å². The molecule has 118 valence electrons. The van der Waals surface area contributed by atoms with Gasteiger partial charge in [0, 0.05) is 23.3 Å². The average molecular weight is 300 g/mol. The van der Waals surface area contributed by atoms with Gasteiger partial charge in [-0.1, -0.05) is 19.1 Å². The van der Waals surface area contributed by atoms with Crippen LogP contribution in [0.1, 0.15) is 46.0 Å². The number of hydrogen-bond donors (Lipinski definition) is 2. The predicted octanol–water partition coefficient (Wildman–Crippen LogP) is 2.39. The monoisotopic (exact) mass is 300 g/mol. The van der Waals surface area contributed by atoms with Gasteiger partial charge >= 0.3 is 0 Å². The van der Waals surface area contributed by atoms with Crippen LogP contribution in [0.4, 0.5) is 0 Å². The highest BCUT2D eigenvalue weighted by atomic mass is 16.3. The van der Waals surface area contributed by atoms with Crippen molar-refractivity contribution < 1.29 is 15.0 Å². The molecule has 0 aromatic carbocycles. The van der Waals surface area contributed by atoms with E-state index in [0.29, 0.717) is 6.42 Å². The van der Waals surface area contributed by atoms with Crippen molar-refractivity contribution >= 4 is 5.78 Å². The summed E-state index contributed by atoms with van der Waals surface area (Å²) in [6.45, 7) is 7.61. The second-order valence-electron chi connectivity index (χ2n) is 7.23. The fourth-order valence-electron chi connectivity index (χ4n) is 4.35. The zero-order valence-corrected chi connectivity index (χ0v) is 13.4. The molecule has 2 N–H and O–H groups in total. The van der Waals surface area contributed by atoms with E-state index in [2.05, 4.69) is 18.4 Å². The first-order valence-corrected chi connectivity index (χ1v) is 8.07. The maximum Gasteiger partial charge on any atom is 0.167 e. The molecule has 3 atom stereocenters. The third kappa shape index (κ3) is 1.94. The molecule has 2 fully saturated rings. The number of rotatable bonds is 3. The highest BCUT2D eigenvalue weighted by molar-refractivity contribution is 6.04. The Hall–Kier alpha value is -1.37. The largest absolute Gasteiger partial charge is 0.395 e. The van der Waals surface area contributed by atoms with Gasteiger partial charge in [-0.05, 0) is 38.2 Å². The molecule has 2 saturated carbocycles. The molecule has 0 saturated heterocycles. The lowest BCUT2D eigenvalue weighted by Gasteiger charge is -2.36. The molecule has 3 unspecified atom stereocenters. The van der Waals surface area contributed by atoms with Crippen molar-refractivity contribution in [2.45, 2.75) is 52.1 Å². The number of carbonyl (C=O) groups is 1. The summed E-state index contributed by atoms with van der Waals surface area (Å²) in [5, 5.41) is 20.3. The van der Waals surface area contributed by atoms with E-state index in [9.17, 15) is 15.0 Å². The van der Waals surface area contributed by atoms with Gasteiger partial charge in [0.05, 0.1) is 18.1 Å². The Kier molecular flexibility index (Phi) is 3.58. The molecule has 3 aliphatic carbocycles. The third-order valence-corrected chi connectivity index (χ3v) is 5.87. The van der Waals surface area contributed by atoms with Crippen molar-refractivity contribution in [1.29, 1.82) is 0 Å². The predicted molar refractivity (Wildman–Crippen MR) is 84.8 cm³/mol. The van der Waals surface area contributed by atoms with Crippen LogP contribution in [-0.4, -0.2) is 28.7 Å². The molecular weight excluding hydrogens is 276 g/mol. The highest BCUT2D eigenvalue weighted by Crippen LogP contribution is 2.66. The van der Waals surface area contributed by atoms with E-state index in [-0.39, 0.29) is 23.7 Å². The standard InChI is InChI=1S/C19H24O3/c1-4-5-6-7-14-15-13(10-18(3,11-20)17(15)22)16(21)12(2)19(14)8-9-19/h13,16,20-21H,2,6-11H2,1,3H3. The van der Waals surface area contributed by atoms with Gasteiger partial charge in [-0.25, -0.2) is 0 Å². The topological polar surface area (TPSA) is 57.5 Å². The SMILES string of the molecule is C=C1C(O)C2CC(C)(CO)C(=O)C2=C(CCC#CC)C12CC2. The number of fused-ring (bicyclic) bond motifs is 1. The Labute approximate surface area is 132 Å². The lowest BCUT2D eigenvalue weighted by atomic mass is 9.69. The maximum atomic E-state index is 12.9. The van der Waals surface area contributed by atoms with Gasteiger partial charge in [-0.2, -0.15) is 0 Å². The lowest BCUT2D eigenvalue weighted by molar-refractivity contribution is -0.124. The molecule has 1 spiro atoms. The Morgan fingerprint density at radius 2 is 2.09 bits per heavy atom. The Morgan fingerprint density at radius 3 is 2.64 bits per heavy atom. The fourth-order valence-corrected chi connectivity index (χ4v) is 4.35. The number of Topliss-reactive ketones (excluding diaryl/α,β-unsaturated/α-hetero) is 1. The van der Waals surface area contributed by atoms with Gasteiger partial charge in [0.25, 0.3) is 0 Å². The van der Waals surface area contributed by atoms with Crippen molar-refractivity contribution in [3.05, 3.63) is 23.3 Å². The van der Waals surface area contributed by atoms with Crippen molar-refractivity contribution in [1.82, 2.24) is 0 Å². The van der Waals surface area contributed by atoms with Crippen molar-refractivity contribution in [2.75, 3.05) is 6.61 Å². The van der Waals surface area contributed by atoms with Crippen LogP contribution >= 0.6 is 0 Å². The summed E-state index contributed by atoms with van der Waals surface area (Å²) in [5.74, 6) is 5.81. The van der Waals surface area contributed by atoms with E-state index in [1.54, 1.807) is 6.92 Å². The first kappa shape index (κ1) is 15.5. The van der Waals surface area contributed by atoms with Gasteiger partial charge in [-0.3, -0.25) is 4.79 Å². The van der Waals surface area contributed by atoms with Gasteiger partial charge in [0.15, 0.2) is 5.78 Å². The minimum atomic E-state index is -0.761. The number of allylic oxidation sites excluding steroid dienone is 1. The zero-order valence-electron chi connectivity index (χ0n) is 13.4. The third-order valence-electron chi connectivity index (χ3n) is 5.87. The molecule has 0 heterocycles. The number of ketones is 1. The second kappa shape index (κ2) is 5.08. The van der Waals surface area contributed by atoms with E-state index >= 15 is 0 Å². The normalized spacial score (nSPS) is 35.5. The summed E-state index contributed by atoms with van der Waals surface area (Å²) in [5.41, 5.74) is 1.88. The Balaban J connectivity index is 2.10. The van der Waals surface area contributed by atoms with Gasteiger partial charge < -0.3 is 10.2 Å². The highest BCUT2D eigenvalue weighted by Gasteiger charge is 2.61.